The zero-order chi connectivity index (χ0) is 22.0. The van der Waals surface area contributed by atoms with E-state index in [1.165, 1.54) is 7.11 Å². The number of nitrogens with zero attached hydrogens (tertiary/aromatic N) is 1. The summed E-state index contributed by atoms with van der Waals surface area (Å²) in [5.41, 5.74) is 4.35. The fourth-order valence-electron chi connectivity index (χ4n) is 4.24. The number of carbonyl (C=O) groups excluding carboxylic acids is 3. The van der Waals surface area contributed by atoms with Crippen molar-refractivity contribution in [3.8, 4) is 0 Å². The lowest BCUT2D eigenvalue weighted by Gasteiger charge is -2.35. The van der Waals surface area contributed by atoms with Gasteiger partial charge in [-0.2, -0.15) is 0 Å². The maximum absolute atomic E-state index is 12.5. The number of nitrogens with one attached hydrogen (secondary N) is 2. The molecule has 162 valence electrons. The highest BCUT2D eigenvalue weighted by atomic mass is 35.5. The molecule has 0 fully saturated rings. The predicted octanol–water partition coefficient (Wildman–Crippen LogP) is 3.01. The molecule has 0 saturated heterocycles. The molecule has 0 spiro atoms. The summed E-state index contributed by atoms with van der Waals surface area (Å²) in [4.78, 5) is 38.9. The van der Waals surface area contributed by atoms with Crippen LogP contribution >= 0.6 is 11.6 Å². The number of anilines is 2. The fourth-order valence-corrected chi connectivity index (χ4v) is 4.49. The van der Waals surface area contributed by atoms with Gasteiger partial charge in [-0.1, -0.05) is 29.8 Å². The van der Waals surface area contributed by atoms with Gasteiger partial charge in [-0.05, 0) is 48.6 Å². The van der Waals surface area contributed by atoms with E-state index < -0.39 is 17.9 Å². The Bertz CT molecular complexity index is 1020. The number of carbonyl (C=O) groups is 3. The van der Waals surface area contributed by atoms with Crippen molar-refractivity contribution in [3.63, 3.8) is 0 Å². The Morgan fingerprint density at radius 1 is 1.13 bits per heavy atom. The van der Waals surface area contributed by atoms with Crippen molar-refractivity contribution in [2.75, 3.05) is 30.4 Å². The summed E-state index contributed by atoms with van der Waals surface area (Å²) in [5.74, 6) is -1.35. The van der Waals surface area contributed by atoms with E-state index in [4.69, 9.17) is 16.3 Å². The van der Waals surface area contributed by atoms with E-state index in [2.05, 4.69) is 10.6 Å². The SMILES string of the molecule is CO[C@@H](CNC(=O)C(=O)Nc1cc2c3c(c1)CCC(=O)N3CCC2)c1ccccc1Cl. The Balaban J connectivity index is 1.42. The lowest BCUT2D eigenvalue weighted by Crippen LogP contribution is -2.40. The van der Waals surface area contributed by atoms with Crippen molar-refractivity contribution in [2.45, 2.75) is 31.8 Å². The van der Waals surface area contributed by atoms with Gasteiger partial charge in [0.15, 0.2) is 0 Å². The van der Waals surface area contributed by atoms with Crippen LogP contribution in [0.25, 0.3) is 0 Å². The van der Waals surface area contributed by atoms with Crippen molar-refractivity contribution in [1.29, 1.82) is 0 Å². The summed E-state index contributed by atoms with van der Waals surface area (Å²) in [6.07, 6.45) is 2.36. The van der Waals surface area contributed by atoms with Gasteiger partial charge in [0.1, 0.15) is 6.10 Å². The Hall–Kier alpha value is -2.90. The average Bonchev–Trinajstić information content (AvgIpc) is 2.77. The highest BCUT2D eigenvalue weighted by Crippen LogP contribution is 2.37. The number of rotatable bonds is 5. The lowest BCUT2D eigenvalue weighted by molar-refractivity contribution is -0.136. The standard InChI is InChI=1S/C23H24ClN3O4/c1-31-19(17-6-2-3-7-18(17)24)13-25-22(29)23(30)26-16-11-14-5-4-10-27-20(28)9-8-15(12-16)21(14)27/h2-3,6-7,11-12,19H,4-5,8-10,13H2,1H3,(H,25,29)(H,26,30)/t19-/m0/s1. The fraction of sp³-hybridized carbons (Fsp3) is 0.348. The molecule has 0 radical (unpaired) electrons. The molecule has 2 heterocycles. The number of aryl methyl sites for hydroxylation is 2. The summed E-state index contributed by atoms with van der Waals surface area (Å²) in [6.45, 7) is 0.845. The van der Waals surface area contributed by atoms with E-state index in [9.17, 15) is 14.4 Å². The Morgan fingerprint density at radius 3 is 2.61 bits per heavy atom. The monoisotopic (exact) mass is 441 g/mol. The van der Waals surface area contributed by atoms with Gasteiger partial charge in [-0.3, -0.25) is 14.4 Å². The molecule has 3 amide bonds. The molecule has 0 bridgehead atoms. The van der Waals surface area contributed by atoms with Crippen LogP contribution in [-0.2, 0) is 32.0 Å². The normalized spacial score (nSPS) is 15.8. The molecule has 4 rings (SSSR count). The molecular formula is C23H24ClN3O4. The lowest BCUT2D eigenvalue weighted by atomic mass is 9.91. The zero-order valence-corrected chi connectivity index (χ0v) is 18.0. The number of halogens is 1. The maximum atomic E-state index is 12.5. The summed E-state index contributed by atoms with van der Waals surface area (Å²) in [6, 6.07) is 10.9. The van der Waals surface area contributed by atoms with Crippen LogP contribution in [0, 0.1) is 0 Å². The van der Waals surface area contributed by atoms with Crippen LogP contribution < -0.4 is 15.5 Å². The first-order valence-electron chi connectivity index (χ1n) is 10.3. The minimum atomic E-state index is -0.753. The number of hydrogen-bond donors (Lipinski definition) is 2. The van der Waals surface area contributed by atoms with Crippen molar-refractivity contribution in [1.82, 2.24) is 5.32 Å². The molecule has 2 aliphatic heterocycles. The van der Waals surface area contributed by atoms with Gasteiger partial charge < -0.3 is 20.3 Å². The van der Waals surface area contributed by atoms with Crippen molar-refractivity contribution < 1.29 is 19.1 Å². The topological polar surface area (TPSA) is 87.7 Å². The Morgan fingerprint density at radius 2 is 1.87 bits per heavy atom. The molecule has 0 unspecified atom stereocenters. The van der Waals surface area contributed by atoms with Gasteiger partial charge in [0.05, 0.1) is 5.69 Å². The van der Waals surface area contributed by atoms with E-state index in [-0.39, 0.29) is 12.5 Å². The van der Waals surface area contributed by atoms with Crippen molar-refractivity contribution >= 4 is 40.7 Å². The van der Waals surface area contributed by atoms with E-state index in [1.807, 2.05) is 35.2 Å². The Kier molecular flexibility index (Phi) is 6.25. The van der Waals surface area contributed by atoms with Crippen LogP contribution in [-0.4, -0.2) is 37.9 Å². The van der Waals surface area contributed by atoms with Crippen LogP contribution in [0.15, 0.2) is 36.4 Å². The molecule has 7 nitrogen and oxygen atoms in total. The number of ether oxygens (including phenoxy) is 1. The second-order valence-corrected chi connectivity index (χ2v) is 8.11. The van der Waals surface area contributed by atoms with Crippen LogP contribution in [0.2, 0.25) is 5.02 Å². The minimum absolute atomic E-state index is 0.110. The van der Waals surface area contributed by atoms with Crippen molar-refractivity contribution in [2.24, 2.45) is 0 Å². The van der Waals surface area contributed by atoms with E-state index in [0.717, 1.165) is 41.8 Å². The highest BCUT2D eigenvalue weighted by Gasteiger charge is 2.30. The van der Waals surface area contributed by atoms with E-state index >= 15 is 0 Å². The molecule has 0 saturated carbocycles. The predicted molar refractivity (Wildman–Crippen MR) is 118 cm³/mol. The van der Waals surface area contributed by atoms with Gasteiger partial charge in [0.2, 0.25) is 5.91 Å². The second kappa shape index (κ2) is 9.08. The summed E-state index contributed by atoms with van der Waals surface area (Å²) >= 11 is 6.20. The van der Waals surface area contributed by atoms with Gasteiger partial charge in [-0.25, -0.2) is 0 Å². The zero-order valence-electron chi connectivity index (χ0n) is 17.2. The number of methoxy groups -OCH3 is 1. The molecule has 2 aliphatic rings. The smallest absolute Gasteiger partial charge is 0.313 e. The average molecular weight is 442 g/mol. The summed E-state index contributed by atoms with van der Waals surface area (Å²) in [5, 5.41) is 5.83. The first kappa shape index (κ1) is 21.3. The van der Waals surface area contributed by atoms with E-state index in [1.54, 1.807) is 6.07 Å². The van der Waals surface area contributed by atoms with Gasteiger partial charge in [-0.15, -0.1) is 0 Å². The second-order valence-electron chi connectivity index (χ2n) is 7.70. The number of hydrogen-bond acceptors (Lipinski definition) is 4. The molecule has 0 aliphatic carbocycles. The van der Waals surface area contributed by atoms with Crippen LogP contribution in [0.5, 0.6) is 0 Å². The maximum Gasteiger partial charge on any atom is 0.313 e. The first-order chi connectivity index (χ1) is 15.0. The Labute approximate surface area is 185 Å². The third kappa shape index (κ3) is 4.43. The van der Waals surface area contributed by atoms with Gasteiger partial charge >= 0.3 is 11.8 Å². The molecular weight excluding hydrogens is 418 g/mol. The molecule has 2 N–H and O–H groups in total. The minimum Gasteiger partial charge on any atom is -0.375 e. The molecule has 0 aromatic heterocycles. The van der Waals surface area contributed by atoms with E-state index in [0.29, 0.717) is 23.6 Å². The molecule has 8 heteroatoms. The highest BCUT2D eigenvalue weighted by molar-refractivity contribution is 6.39. The molecule has 31 heavy (non-hydrogen) atoms. The molecule has 2 aromatic carbocycles. The number of amides is 3. The van der Waals surface area contributed by atoms with Gasteiger partial charge in [0.25, 0.3) is 0 Å². The third-order valence-corrected chi connectivity index (χ3v) is 6.07. The summed E-state index contributed by atoms with van der Waals surface area (Å²) < 4.78 is 5.42. The largest absolute Gasteiger partial charge is 0.375 e. The number of benzene rings is 2. The van der Waals surface area contributed by atoms with Crippen LogP contribution in [0.3, 0.4) is 0 Å². The van der Waals surface area contributed by atoms with Crippen LogP contribution in [0.1, 0.15) is 35.6 Å². The quantitative estimate of drug-likeness (QED) is 0.698. The third-order valence-electron chi connectivity index (χ3n) is 5.72. The van der Waals surface area contributed by atoms with Gasteiger partial charge in [0, 0.05) is 42.9 Å². The molecule has 2 aromatic rings. The first-order valence-corrected chi connectivity index (χ1v) is 10.7. The van der Waals surface area contributed by atoms with Crippen LogP contribution in [0.4, 0.5) is 11.4 Å². The summed E-state index contributed by atoms with van der Waals surface area (Å²) in [7, 11) is 1.52. The van der Waals surface area contributed by atoms with Crippen molar-refractivity contribution in [3.05, 3.63) is 58.1 Å². The molecule has 1 atom stereocenters.